The van der Waals surface area contributed by atoms with Gasteiger partial charge in [-0.2, -0.15) is 0 Å². The van der Waals surface area contributed by atoms with Gasteiger partial charge in [-0.15, -0.1) is 0 Å². The van der Waals surface area contributed by atoms with Crippen molar-refractivity contribution in [1.29, 1.82) is 0 Å². The van der Waals surface area contributed by atoms with E-state index in [1.165, 1.54) is 0 Å². The van der Waals surface area contributed by atoms with Crippen molar-refractivity contribution in [3.05, 3.63) is 65.7 Å². The van der Waals surface area contributed by atoms with Crippen LogP contribution < -0.4 is 10.2 Å². The number of amides is 3. The van der Waals surface area contributed by atoms with Crippen LogP contribution in [-0.2, 0) is 4.79 Å². The Hall–Kier alpha value is -3.15. The summed E-state index contributed by atoms with van der Waals surface area (Å²) in [6, 6.07) is 16.2. The van der Waals surface area contributed by atoms with Crippen LogP contribution in [0.2, 0.25) is 0 Å². The standard InChI is InChI=1S/C22H23N3O3/c1-24(17-8-3-2-4-9-17)21(27)15-6-5-7-16(12-15)22(28)25-18-10-11-19(25)14-23-20(26)13-18/h2-9,12,18-19H,10-11,13-14H2,1H3,(H,23,26). The van der Waals surface area contributed by atoms with Crippen molar-refractivity contribution in [1.82, 2.24) is 10.2 Å². The summed E-state index contributed by atoms with van der Waals surface area (Å²) in [6.07, 6.45) is 2.09. The Bertz CT molecular complexity index is 912. The number of anilines is 1. The highest BCUT2D eigenvalue weighted by atomic mass is 16.2. The molecule has 2 heterocycles. The second kappa shape index (κ2) is 7.46. The van der Waals surface area contributed by atoms with E-state index in [0.29, 0.717) is 24.1 Å². The van der Waals surface area contributed by atoms with E-state index in [9.17, 15) is 14.4 Å². The third-order valence-electron chi connectivity index (χ3n) is 5.61. The molecule has 3 amide bonds. The first-order valence-electron chi connectivity index (χ1n) is 9.57. The van der Waals surface area contributed by atoms with Gasteiger partial charge < -0.3 is 15.1 Å². The number of fused-ring (bicyclic) bond motifs is 2. The predicted molar refractivity (Wildman–Crippen MR) is 106 cm³/mol. The number of nitrogens with one attached hydrogen (secondary N) is 1. The summed E-state index contributed by atoms with van der Waals surface area (Å²) in [5.41, 5.74) is 1.74. The Morgan fingerprint density at radius 1 is 1.00 bits per heavy atom. The minimum atomic E-state index is -0.170. The summed E-state index contributed by atoms with van der Waals surface area (Å²) in [5, 5.41) is 2.88. The fraction of sp³-hybridized carbons (Fsp3) is 0.318. The van der Waals surface area contributed by atoms with E-state index in [2.05, 4.69) is 5.32 Å². The van der Waals surface area contributed by atoms with E-state index < -0.39 is 0 Å². The zero-order chi connectivity index (χ0) is 19.7. The lowest BCUT2D eigenvalue weighted by atomic mass is 10.1. The summed E-state index contributed by atoms with van der Waals surface area (Å²) in [4.78, 5) is 41.3. The van der Waals surface area contributed by atoms with Gasteiger partial charge in [-0.3, -0.25) is 14.4 Å². The summed E-state index contributed by atoms with van der Waals surface area (Å²) >= 11 is 0. The topological polar surface area (TPSA) is 69.7 Å². The van der Waals surface area contributed by atoms with Crippen molar-refractivity contribution in [3.63, 3.8) is 0 Å². The number of carbonyl (C=O) groups is 3. The van der Waals surface area contributed by atoms with Crippen LogP contribution in [-0.4, -0.2) is 48.3 Å². The molecule has 0 aromatic heterocycles. The van der Waals surface area contributed by atoms with Gasteiger partial charge in [0.25, 0.3) is 11.8 Å². The molecule has 6 nitrogen and oxygen atoms in total. The van der Waals surface area contributed by atoms with Gasteiger partial charge in [-0.1, -0.05) is 24.3 Å². The number of hydrogen-bond donors (Lipinski definition) is 1. The smallest absolute Gasteiger partial charge is 0.258 e. The van der Waals surface area contributed by atoms with Crippen LogP contribution in [0.5, 0.6) is 0 Å². The van der Waals surface area contributed by atoms with Gasteiger partial charge in [-0.25, -0.2) is 0 Å². The first-order chi connectivity index (χ1) is 13.5. The Balaban J connectivity index is 1.58. The van der Waals surface area contributed by atoms with Gasteiger partial charge >= 0.3 is 0 Å². The lowest BCUT2D eigenvalue weighted by Crippen LogP contribution is -2.42. The average Bonchev–Trinajstić information content (AvgIpc) is 3.04. The summed E-state index contributed by atoms with van der Waals surface area (Å²) < 4.78 is 0. The summed E-state index contributed by atoms with van der Waals surface area (Å²) in [7, 11) is 1.72. The third-order valence-corrected chi connectivity index (χ3v) is 5.61. The molecule has 144 valence electrons. The predicted octanol–water partition coefficient (Wildman–Crippen LogP) is 2.46. The number of carbonyl (C=O) groups excluding carboxylic acids is 3. The molecular formula is C22H23N3O3. The third kappa shape index (κ3) is 3.38. The van der Waals surface area contributed by atoms with Gasteiger partial charge in [0.1, 0.15) is 0 Å². The number of para-hydroxylation sites is 1. The molecule has 2 bridgehead atoms. The lowest BCUT2D eigenvalue weighted by Gasteiger charge is -2.27. The molecule has 2 atom stereocenters. The van der Waals surface area contributed by atoms with Crippen molar-refractivity contribution in [3.8, 4) is 0 Å². The molecule has 6 heteroatoms. The maximum absolute atomic E-state index is 13.2. The van der Waals surface area contributed by atoms with Crippen LogP contribution in [0.4, 0.5) is 5.69 Å². The zero-order valence-electron chi connectivity index (χ0n) is 15.8. The lowest BCUT2D eigenvalue weighted by molar-refractivity contribution is -0.121. The molecule has 2 saturated heterocycles. The van der Waals surface area contributed by atoms with E-state index in [0.717, 1.165) is 18.5 Å². The fourth-order valence-electron chi connectivity index (χ4n) is 4.11. The molecule has 2 fully saturated rings. The number of rotatable bonds is 3. The van der Waals surface area contributed by atoms with Crippen molar-refractivity contribution in [2.75, 3.05) is 18.5 Å². The molecular weight excluding hydrogens is 354 g/mol. The first-order valence-corrected chi connectivity index (χ1v) is 9.57. The molecule has 2 aliphatic heterocycles. The molecule has 0 saturated carbocycles. The molecule has 0 spiro atoms. The average molecular weight is 377 g/mol. The van der Waals surface area contributed by atoms with Crippen LogP contribution in [0.15, 0.2) is 54.6 Å². The molecule has 4 rings (SSSR count). The van der Waals surface area contributed by atoms with E-state index in [1.54, 1.807) is 36.2 Å². The second-order valence-corrected chi connectivity index (χ2v) is 7.39. The normalized spacial score (nSPS) is 21.0. The maximum atomic E-state index is 13.2. The van der Waals surface area contributed by atoms with Gasteiger partial charge in [0.05, 0.1) is 0 Å². The fourth-order valence-corrected chi connectivity index (χ4v) is 4.11. The van der Waals surface area contributed by atoms with Gasteiger partial charge in [0.2, 0.25) is 5.91 Å². The number of benzene rings is 2. The van der Waals surface area contributed by atoms with Crippen LogP contribution in [0.25, 0.3) is 0 Å². The van der Waals surface area contributed by atoms with Crippen LogP contribution in [0.3, 0.4) is 0 Å². The molecule has 2 aromatic rings. The Morgan fingerprint density at radius 2 is 1.71 bits per heavy atom. The van der Waals surface area contributed by atoms with Crippen molar-refractivity contribution in [2.45, 2.75) is 31.3 Å². The highest BCUT2D eigenvalue weighted by molar-refractivity contribution is 6.07. The Kier molecular flexibility index (Phi) is 4.86. The molecule has 2 aliphatic rings. The molecule has 0 aliphatic carbocycles. The second-order valence-electron chi connectivity index (χ2n) is 7.39. The van der Waals surface area contributed by atoms with Crippen molar-refractivity contribution >= 4 is 23.4 Å². The largest absolute Gasteiger partial charge is 0.354 e. The first kappa shape index (κ1) is 18.2. The summed E-state index contributed by atoms with van der Waals surface area (Å²) in [5.74, 6) is -0.282. The SMILES string of the molecule is CN(C(=O)c1cccc(C(=O)N2C3CCC2CC(=O)NC3)c1)c1ccccc1. The van der Waals surface area contributed by atoms with Gasteiger partial charge in [-0.05, 0) is 43.2 Å². The summed E-state index contributed by atoms with van der Waals surface area (Å²) in [6.45, 7) is 0.496. The molecule has 1 N–H and O–H groups in total. The Labute approximate surface area is 164 Å². The highest BCUT2D eigenvalue weighted by Gasteiger charge is 2.40. The minimum Gasteiger partial charge on any atom is -0.354 e. The maximum Gasteiger partial charge on any atom is 0.258 e. The zero-order valence-corrected chi connectivity index (χ0v) is 15.8. The van der Waals surface area contributed by atoms with E-state index in [-0.39, 0.29) is 29.8 Å². The van der Waals surface area contributed by atoms with Gasteiger partial charge in [0, 0.05) is 48.9 Å². The van der Waals surface area contributed by atoms with Crippen LogP contribution >= 0.6 is 0 Å². The van der Waals surface area contributed by atoms with E-state index >= 15 is 0 Å². The van der Waals surface area contributed by atoms with E-state index in [4.69, 9.17) is 0 Å². The van der Waals surface area contributed by atoms with Crippen molar-refractivity contribution < 1.29 is 14.4 Å². The highest BCUT2D eigenvalue weighted by Crippen LogP contribution is 2.30. The minimum absolute atomic E-state index is 0.00147. The monoisotopic (exact) mass is 377 g/mol. The molecule has 0 radical (unpaired) electrons. The quantitative estimate of drug-likeness (QED) is 0.893. The number of hydrogen-bond acceptors (Lipinski definition) is 3. The Morgan fingerprint density at radius 3 is 2.50 bits per heavy atom. The van der Waals surface area contributed by atoms with E-state index in [1.807, 2.05) is 35.2 Å². The van der Waals surface area contributed by atoms with Crippen LogP contribution in [0, 0.1) is 0 Å². The molecule has 2 unspecified atom stereocenters. The molecule has 2 aromatic carbocycles. The van der Waals surface area contributed by atoms with Crippen LogP contribution in [0.1, 0.15) is 40.0 Å². The molecule has 28 heavy (non-hydrogen) atoms. The van der Waals surface area contributed by atoms with Gasteiger partial charge in [0.15, 0.2) is 0 Å². The number of nitrogens with zero attached hydrogens (tertiary/aromatic N) is 2. The van der Waals surface area contributed by atoms with Crippen molar-refractivity contribution in [2.24, 2.45) is 0 Å².